The molecule has 1 heterocycles. The molecule has 1 aromatic rings. The number of benzene rings is 1. The van der Waals surface area contributed by atoms with Crippen molar-refractivity contribution >= 4 is 40.8 Å². The summed E-state index contributed by atoms with van der Waals surface area (Å²) in [6, 6.07) is 4.92. The number of carbonyl (C=O) groups is 2. The summed E-state index contributed by atoms with van der Waals surface area (Å²) >= 11 is 11.9. The van der Waals surface area contributed by atoms with E-state index < -0.39 is 11.5 Å². The number of anilines is 1. The summed E-state index contributed by atoms with van der Waals surface area (Å²) in [5.74, 6) is -1.38. The molecule has 1 amide bonds. The number of hydrogen-bond acceptors (Lipinski definition) is 4. The van der Waals surface area contributed by atoms with Crippen molar-refractivity contribution in [3.05, 3.63) is 28.2 Å². The standard InChI is InChI=1S/C13H15Cl2N3O3/c14-8-2-1-3-9(15)11(8)17-10(19)6-18-5-4-13(16,7-18)12(20)21/h1-3H,4-7,16H2,(H,17,19)(H,20,21). The highest BCUT2D eigenvalue weighted by Gasteiger charge is 2.41. The van der Waals surface area contributed by atoms with Crippen molar-refractivity contribution < 1.29 is 14.7 Å². The molecule has 21 heavy (non-hydrogen) atoms. The number of rotatable bonds is 4. The first-order chi connectivity index (χ1) is 9.82. The summed E-state index contributed by atoms with van der Waals surface area (Å²) in [7, 11) is 0. The number of nitrogens with one attached hydrogen (secondary N) is 1. The van der Waals surface area contributed by atoms with E-state index in [1.165, 1.54) is 0 Å². The van der Waals surface area contributed by atoms with Crippen LogP contribution in [0.4, 0.5) is 5.69 Å². The number of aliphatic carboxylic acids is 1. The van der Waals surface area contributed by atoms with E-state index in [0.29, 0.717) is 28.7 Å². The minimum absolute atomic E-state index is 0.0355. The lowest BCUT2D eigenvalue weighted by molar-refractivity contribution is -0.143. The summed E-state index contributed by atoms with van der Waals surface area (Å²) < 4.78 is 0. The first-order valence-electron chi connectivity index (χ1n) is 6.30. The zero-order chi connectivity index (χ0) is 15.6. The van der Waals surface area contributed by atoms with Crippen LogP contribution >= 0.6 is 23.2 Å². The number of amides is 1. The zero-order valence-electron chi connectivity index (χ0n) is 11.1. The second kappa shape index (κ2) is 6.19. The van der Waals surface area contributed by atoms with Crippen molar-refractivity contribution in [1.29, 1.82) is 0 Å². The smallest absolute Gasteiger partial charge is 0.325 e. The van der Waals surface area contributed by atoms with Gasteiger partial charge in [-0.15, -0.1) is 0 Å². The van der Waals surface area contributed by atoms with Crippen LogP contribution in [0.1, 0.15) is 6.42 Å². The number of nitrogens with zero attached hydrogens (tertiary/aromatic N) is 1. The fraction of sp³-hybridized carbons (Fsp3) is 0.385. The molecular formula is C13H15Cl2N3O3. The van der Waals surface area contributed by atoms with Gasteiger partial charge in [-0.1, -0.05) is 29.3 Å². The Morgan fingerprint density at radius 1 is 1.38 bits per heavy atom. The van der Waals surface area contributed by atoms with Gasteiger partial charge in [-0.3, -0.25) is 14.5 Å². The lowest BCUT2D eigenvalue weighted by Crippen LogP contribution is -2.50. The van der Waals surface area contributed by atoms with Crippen molar-refractivity contribution in [2.75, 3.05) is 25.0 Å². The molecule has 1 unspecified atom stereocenters. The van der Waals surface area contributed by atoms with Gasteiger partial charge in [0.05, 0.1) is 22.3 Å². The Labute approximate surface area is 131 Å². The fourth-order valence-electron chi connectivity index (χ4n) is 2.22. The summed E-state index contributed by atoms with van der Waals surface area (Å²) in [6.07, 6.45) is 0.308. The SMILES string of the molecule is NC1(C(=O)O)CCN(CC(=O)Nc2c(Cl)cccc2Cl)C1. The Bertz CT molecular complexity index is 562. The maximum absolute atomic E-state index is 12.0. The third-order valence-corrected chi connectivity index (χ3v) is 4.03. The van der Waals surface area contributed by atoms with Crippen LogP contribution in [0.15, 0.2) is 18.2 Å². The Kier molecular flexibility index (Phi) is 4.73. The van der Waals surface area contributed by atoms with Gasteiger partial charge in [0.1, 0.15) is 5.54 Å². The van der Waals surface area contributed by atoms with Gasteiger partial charge in [0.2, 0.25) is 5.91 Å². The van der Waals surface area contributed by atoms with Crippen LogP contribution in [0, 0.1) is 0 Å². The molecule has 1 aliphatic rings. The average Bonchev–Trinajstić information content (AvgIpc) is 2.77. The highest BCUT2D eigenvalue weighted by molar-refractivity contribution is 6.39. The highest BCUT2D eigenvalue weighted by atomic mass is 35.5. The molecule has 0 bridgehead atoms. The molecule has 1 aliphatic heterocycles. The molecule has 1 fully saturated rings. The van der Waals surface area contributed by atoms with E-state index in [4.69, 9.17) is 34.0 Å². The normalized spacial score (nSPS) is 22.2. The Morgan fingerprint density at radius 3 is 2.52 bits per heavy atom. The molecule has 0 aliphatic carbocycles. The van der Waals surface area contributed by atoms with E-state index in [1.807, 2.05) is 0 Å². The minimum atomic E-state index is -1.29. The molecule has 4 N–H and O–H groups in total. The maximum Gasteiger partial charge on any atom is 0.325 e. The third kappa shape index (κ3) is 3.65. The van der Waals surface area contributed by atoms with Crippen LogP contribution in [-0.4, -0.2) is 47.1 Å². The largest absolute Gasteiger partial charge is 0.480 e. The van der Waals surface area contributed by atoms with Gasteiger partial charge in [-0.05, 0) is 18.6 Å². The number of carbonyl (C=O) groups excluding carboxylic acids is 1. The predicted molar refractivity (Wildman–Crippen MR) is 80.7 cm³/mol. The second-order valence-corrected chi connectivity index (χ2v) is 5.88. The quantitative estimate of drug-likeness (QED) is 0.775. The first-order valence-corrected chi connectivity index (χ1v) is 7.06. The number of halogens is 2. The first kappa shape index (κ1) is 16.0. The van der Waals surface area contributed by atoms with Crippen molar-refractivity contribution in [3.8, 4) is 0 Å². The minimum Gasteiger partial charge on any atom is -0.480 e. The Balaban J connectivity index is 1.96. The van der Waals surface area contributed by atoms with Crippen LogP contribution in [0.2, 0.25) is 10.0 Å². The van der Waals surface area contributed by atoms with Gasteiger partial charge in [0, 0.05) is 13.1 Å². The van der Waals surface area contributed by atoms with Crippen LogP contribution in [0.3, 0.4) is 0 Å². The summed E-state index contributed by atoms with van der Waals surface area (Å²) in [6.45, 7) is 0.617. The van der Waals surface area contributed by atoms with Crippen molar-refractivity contribution in [3.63, 3.8) is 0 Å². The summed E-state index contributed by atoms with van der Waals surface area (Å²) in [5.41, 5.74) is 4.81. The van der Waals surface area contributed by atoms with Crippen molar-refractivity contribution in [2.24, 2.45) is 5.73 Å². The van der Waals surface area contributed by atoms with Gasteiger partial charge >= 0.3 is 5.97 Å². The van der Waals surface area contributed by atoms with E-state index in [0.717, 1.165) is 0 Å². The van der Waals surface area contributed by atoms with Gasteiger partial charge < -0.3 is 16.2 Å². The van der Waals surface area contributed by atoms with Gasteiger partial charge in [0.15, 0.2) is 0 Å². The molecule has 1 atom stereocenters. The maximum atomic E-state index is 12.0. The fourth-order valence-corrected chi connectivity index (χ4v) is 2.72. The van der Waals surface area contributed by atoms with Crippen molar-refractivity contribution in [1.82, 2.24) is 4.90 Å². The van der Waals surface area contributed by atoms with E-state index in [-0.39, 0.29) is 19.0 Å². The van der Waals surface area contributed by atoms with E-state index in [9.17, 15) is 9.59 Å². The number of hydrogen-bond donors (Lipinski definition) is 3. The molecule has 8 heteroatoms. The molecule has 2 rings (SSSR count). The predicted octanol–water partition coefficient (Wildman–Crippen LogP) is 1.42. The zero-order valence-corrected chi connectivity index (χ0v) is 12.6. The molecule has 0 saturated carbocycles. The number of para-hydroxylation sites is 1. The van der Waals surface area contributed by atoms with Crippen molar-refractivity contribution in [2.45, 2.75) is 12.0 Å². The van der Waals surface area contributed by atoms with Crippen LogP contribution in [0.5, 0.6) is 0 Å². The van der Waals surface area contributed by atoms with Gasteiger partial charge in [-0.2, -0.15) is 0 Å². The summed E-state index contributed by atoms with van der Waals surface area (Å²) in [5, 5.41) is 12.4. The van der Waals surface area contributed by atoms with Gasteiger partial charge in [-0.25, -0.2) is 0 Å². The summed E-state index contributed by atoms with van der Waals surface area (Å²) in [4.78, 5) is 24.7. The van der Waals surface area contributed by atoms with Gasteiger partial charge in [0.25, 0.3) is 0 Å². The molecule has 0 radical (unpaired) electrons. The average molecular weight is 332 g/mol. The monoisotopic (exact) mass is 331 g/mol. The Morgan fingerprint density at radius 2 is 2.00 bits per heavy atom. The molecule has 6 nitrogen and oxygen atoms in total. The Hall–Kier alpha value is -1.34. The number of nitrogens with two attached hydrogens (primary N) is 1. The highest BCUT2D eigenvalue weighted by Crippen LogP contribution is 2.29. The molecular weight excluding hydrogens is 317 g/mol. The molecule has 1 saturated heterocycles. The number of carboxylic acid groups (broad SMARTS) is 1. The number of carboxylic acids is 1. The van der Waals surface area contributed by atoms with E-state index in [1.54, 1.807) is 23.1 Å². The lowest BCUT2D eigenvalue weighted by Gasteiger charge is -2.19. The molecule has 1 aromatic carbocycles. The van der Waals surface area contributed by atoms with Crippen LogP contribution in [0.25, 0.3) is 0 Å². The van der Waals surface area contributed by atoms with Crippen LogP contribution < -0.4 is 11.1 Å². The molecule has 0 spiro atoms. The third-order valence-electron chi connectivity index (χ3n) is 3.40. The van der Waals surface area contributed by atoms with E-state index >= 15 is 0 Å². The van der Waals surface area contributed by atoms with Crippen LogP contribution in [-0.2, 0) is 9.59 Å². The lowest BCUT2D eigenvalue weighted by atomic mass is 10.0. The second-order valence-electron chi connectivity index (χ2n) is 5.07. The van der Waals surface area contributed by atoms with E-state index in [2.05, 4.69) is 5.32 Å². The number of likely N-dealkylation sites (tertiary alicyclic amines) is 1. The molecule has 0 aromatic heterocycles. The topological polar surface area (TPSA) is 95.7 Å². The molecule has 114 valence electrons.